The van der Waals surface area contributed by atoms with E-state index in [-0.39, 0.29) is 5.78 Å². The lowest BCUT2D eigenvalue weighted by Crippen LogP contribution is -2.03. The molecule has 0 fully saturated rings. The van der Waals surface area contributed by atoms with E-state index >= 15 is 0 Å². The highest BCUT2D eigenvalue weighted by atomic mass is 127. The van der Waals surface area contributed by atoms with Crippen LogP contribution in [-0.2, 0) is 0 Å². The first-order valence-corrected chi connectivity index (χ1v) is 7.50. The van der Waals surface area contributed by atoms with E-state index in [1.165, 1.54) is 19.3 Å². The van der Waals surface area contributed by atoms with Crippen LogP contribution in [0.15, 0.2) is 18.2 Å². The van der Waals surface area contributed by atoms with Gasteiger partial charge < -0.3 is 0 Å². The average molecular weight is 355 g/mol. The highest BCUT2D eigenvalue weighted by Crippen LogP contribution is 2.19. The Morgan fingerprint density at radius 1 is 1.28 bits per heavy atom. The highest BCUT2D eigenvalue weighted by Gasteiger charge is 2.12. The lowest BCUT2D eigenvalue weighted by Gasteiger charge is -2.05. The van der Waals surface area contributed by atoms with Gasteiger partial charge in [-0.3, -0.25) is 4.79 Å². The Bertz CT molecular complexity index is 448. The number of nitriles is 1. The molecule has 0 radical (unpaired) electrons. The predicted octanol–water partition coefficient (Wildman–Crippen LogP) is 4.71. The first-order valence-electron chi connectivity index (χ1n) is 6.42. The summed E-state index contributed by atoms with van der Waals surface area (Å²) in [5.74, 6) is 0.160. The van der Waals surface area contributed by atoms with Crippen LogP contribution in [0.1, 0.15) is 61.4 Å². The van der Waals surface area contributed by atoms with Crippen molar-refractivity contribution < 1.29 is 4.79 Å². The van der Waals surface area contributed by atoms with Crippen molar-refractivity contribution in [3.63, 3.8) is 0 Å². The minimum Gasteiger partial charge on any atom is -0.294 e. The number of nitrogens with zero attached hydrogens (tertiary/aromatic N) is 1. The molecule has 0 N–H and O–H groups in total. The summed E-state index contributed by atoms with van der Waals surface area (Å²) in [5.41, 5.74) is 1.29. The Morgan fingerprint density at radius 3 is 2.67 bits per heavy atom. The van der Waals surface area contributed by atoms with Gasteiger partial charge in [0.1, 0.15) is 6.07 Å². The summed E-state index contributed by atoms with van der Waals surface area (Å²) in [4.78, 5) is 12.1. The van der Waals surface area contributed by atoms with Crippen LogP contribution in [0.3, 0.4) is 0 Å². The van der Waals surface area contributed by atoms with Crippen LogP contribution in [0.2, 0.25) is 0 Å². The van der Waals surface area contributed by atoms with Gasteiger partial charge in [0.25, 0.3) is 0 Å². The van der Waals surface area contributed by atoms with E-state index in [4.69, 9.17) is 5.26 Å². The van der Waals surface area contributed by atoms with Crippen LogP contribution in [0, 0.1) is 14.9 Å². The van der Waals surface area contributed by atoms with Crippen LogP contribution in [0.4, 0.5) is 0 Å². The van der Waals surface area contributed by atoms with E-state index in [1.54, 1.807) is 12.1 Å². The summed E-state index contributed by atoms with van der Waals surface area (Å²) < 4.78 is 0.788. The number of unbranched alkanes of at least 4 members (excludes halogenated alkanes) is 4. The van der Waals surface area contributed by atoms with E-state index < -0.39 is 0 Å². The van der Waals surface area contributed by atoms with E-state index in [9.17, 15) is 4.79 Å². The predicted molar refractivity (Wildman–Crippen MR) is 81.6 cm³/mol. The molecular formula is C15H18INO. The maximum atomic E-state index is 12.1. The molecule has 0 saturated heterocycles. The van der Waals surface area contributed by atoms with Crippen LogP contribution in [-0.4, -0.2) is 5.78 Å². The molecule has 1 rings (SSSR count). The summed E-state index contributed by atoms with van der Waals surface area (Å²) in [6.45, 7) is 2.18. The number of halogens is 1. The zero-order valence-electron chi connectivity index (χ0n) is 10.7. The fourth-order valence-corrected chi connectivity index (χ4v) is 2.64. The molecule has 0 saturated carbocycles. The number of ketones is 1. The number of carbonyl (C=O) groups excluding carboxylic acids is 1. The Balaban J connectivity index is 2.55. The standard InChI is InChI=1S/C15H18INO/c1-2-3-4-5-6-10-14(18)13-9-7-8-12(11-17)15(13)16/h7-9H,2-6,10H2,1H3. The molecule has 0 aliphatic carbocycles. The summed E-state index contributed by atoms with van der Waals surface area (Å²) in [6, 6.07) is 7.46. The van der Waals surface area contributed by atoms with Gasteiger partial charge in [-0.15, -0.1) is 0 Å². The number of Topliss-reactive ketones (excluding diaryl/α,β-unsaturated/α-hetero) is 1. The Morgan fingerprint density at radius 2 is 2.00 bits per heavy atom. The lowest BCUT2D eigenvalue weighted by atomic mass is 10.0. The van der Waals surface area contributed by atoms with Crippen LogP contribution in [0.25, 0.3) is 0 Å². The minimum absolute atomic E-state index is 0.160. The monoisotopic (exact) mass is 355 g/mol. The summed E-state index contributed by atoms with van der Waals surface area (Å²) in [6.07, 6.45) is 6.33. The number of benzene rings is 1. The quantitative estimate of drug-likeness (QED) is 0.404. The van der Waals surface area contributed by atoms with E-state index in [0.717, 1.165) is 16.4 Å². The molecule has 3 heteroatoms. The van der Waals surface area contributed by atoms with Crippen molar-refractivity contribution in [1.82, 2.24) is 0 Å². The third-order valence-corrected chi connectivity index (χ3v) is 4.09. The van der Waals surface area contributed by atoms with Crippen LogP contribution in [0.5, 0.6) is 0 Å². The smallest absolute Gasteiger partial charge is 0.163 e. The van der Waals surface area contributed by atoms with Crippen LogP contribution >= 0.6 is 22.6 Å². The third-order valence-electron chi connectivity index (χ3n) is 2.93. The second-order valence-corrected chi connectivity index (χ2v) is 5.45. The van der Waals surface area contributed by atoms with Crippen molar-refractivity contribution in [2.75, 3.05) is 0 Å². The van der Waals surface area contributed by atoms with Gasteiger partial charge in [-0.1, -0.05) is 44.7 Å². The highest BCUT2D eigenvalue weighted by molar-refractivity contribution is 14.1. The number of carbonyl (C=O) groups is 1. The second-order valence-electron chi connectivity index (χ2n) is 4.37. The van der Waals surface area contributed by atoms with Gasteiger partial charge in [0, 0.05) is 15.6 Å². The van der Waals surface area contributed by atoms with Crippen molar-refractivity contribution in [2.45, 2.75) is 45.4 Å². The van der Waals surface area contributed by atoms with Gasteiger partial charge in [0.2, 0.25) is 0 Å². The fourth-order valence-electron chi connectivity index (χ4n) is 1.86. The van der Waals surface area contributed by atoms with Crippen LogP contribution < -0.4 is 0 Å². The number of rotatable bonds is 7. The van der Waals surface area contributed by atoms with Gasteiger partial charge >= 0.3 is 0 Å². The van der Waals surface area contributed by atoms with Gasteiger partial charge in [-0.2, -0.15) is 5.26 Å². The van der Waals surface area contributed by atoms with Crippen molar-refractivity contribution in [3.8, 4) is 6.07 Å². The van der Waals surface area contributed by atoms with Crippen molar-refractivity contribution in [2.24, 2.45) is 0 Å². The fraction of sp³-hybridized carbons (Fsp3) is 0.467. The summed E-state index contributed by atoms with van der Waals surface area (Å²) in [5, 5.41) is 8.93. The second kappa shape index (κ2) is 8.25. The molecule has 2 nitrogen and oxygen atoms in total. The number of hydrogen-bond donors (Lipinski definition) is 0. The first-order chi connectivity index (χ1) is 8.70. The Labute approximate surface area is 123 Å². The van der Waals surface area contributed by atoms with Gasteiger partial charge in [0.05, 0.1) is 5.56 Å². The molecule has 0 amide bonds. The summed E-state index contributed by atoms with van der Waals surface area (Å²) in [7, 11) is 0. The molecule has 0 heterocycles. The van der Waals surface area contributed by atoms with E-state index in [1.807, 2.05) is 6.07 Å². The zero-order valence-corrected chi connectivity index (χ0v) is 12.9. The first kappa shape index (κ1) is 15.2. The summed E-state index contributed by atoms with van der Waals surface area (Å²) >= 11 is 2.09. The van der Waals surface area contributed by atoms with E-state index in [2.05, 4.69) is 35.6 Å². The molecule has 18 heavy (non-hydrogen) atoms. The van der Waals surface area contributed by atoms with E-state index in [0.29, 0.717) is 17.5 Å². The zero-order chi connectivity index (χ0) is 13.4. The van der Waals surface area contributed by atoms with Crippen molar-refractivity contribution in [1.29, 1.82) is 5.26 Å². The lowest BCUT2D eigenvalue weighted by molar-refractivity contribution is 0.0978. The molecule has 0 aliphatic rings. The maximum Gasteiger partial charge on any atom is 0.163 e. The van der Waals surface area contributed by atoms with Gasteiger partial charge in [0.15, 0.2) is 5.78 Å². The molecule has 1 aromatic rings. The molecule has 0 aliphatic heterocycles. The molecule has 0 bridgehead atoms. The van der Waals surface area contributed by atoms with Crippen molar-refractivity contribution in [3.05, 3.63) is 32.9 Å². The minimum atomic E-state index is 0.160. The SMILES string of the molecule is CCCCCCCC(=O)c1cccc(C#N)c1I. The molecule has 1 aromatic carbocycles. The third kappa shape index (κ3) is 4.41. The number of hydrogen-bond acceptors (Lipinski definition) is 2. The van der Waals surface area contributed by atoms with Crippen molar-refractivity contribution >= 4 is 28.4 Å². The Kier molecular flexibility index (Phi) is 6.96. The van der Waals surface area contributed by atoms with Gasteiger partial charge in [-0.25, -0.2) is 0 Å². The molecule has 0 unspecified atom stereocenters. The largest absolute Gasteiger partial charge is 0.294 e. The topological polar surface area (TPSA) is 40.9 Å². The molecular weight excluding hydrogens is 337 g/mol. The average Bonchev–Trinajstić information content (AvgIpc) is 2.38. The molecule has 0 atom stereocenters. The molecule has 96 valence electrons. The normalized spacial score (nSPS) is 10.1. The van der Waals surface area contributed by atoms with Gasteiger partial charge in [-0.05, 0) is 35.1 Å². The molecule has 0 spiro atoms. The molecule has 0 aromatic heterocycles. The Hall–Kier alpha value is -0.890. The maximum absolute atomic E-state index is 12.1.